The molecule has 6 nitrogen and oxygen atoms in total. The number of aromatic nitrogens is 5. The molecule has 0 aliphatic heterocycles. The van der Waals surface area contributed by atoms with Gasteiger partial charge in [-0.2, -0.15) is 15.0 Å². The van der Waals surface area contributed by atoms with E-state index in [4.69, 9.17) is 19.4 Å². The highest BCUT2D eigenvalue weighted by atomic mass is 16.3. The molecule has 15 rings (SSSR count). The van der Waals surface area contributed by atoms with Crippen LogP contribution in [-0.2, 0) is 5.41 Å². The molecule has 1 aliphatic carbocycles. The summed E-state index contributed by atoms with van der Waals surface area (Å²) in [5.74, 6) is 1.59. The molecule has 0 unspecified atom stereocenters. The van der Waals surface area contributed by atoms with Gasteiger partial charge in [0.2, 0.25) is 11.9 Å². The first kappa shape index (κ1) is 40.5. The normalized spacial score (nSPS) is 13.0. The van der Waals surface area contributed by atoms with E-state index < -0.39 is 0 Å². The summed E-state index contributed by atoms with van der Waals surface area (Å²) in [6.45, 7) is 4.69. The molecule has 0 spiro atoms. The molecular weight excluding hydrogens is 879 g/mol. The monoisotopic (exact) mass is 921 g/mol. The Morgan fingerprint density at radius 3 is 1.57 bits per heavy atom. The molecule has 4 aromatic heterocycles. The molecule has 0 fully saturated rings. The highest BCUT2D eigenvalue weighted by molar-refractivity contribution is 6.14. The van der Waals surface area contributed by atoms with E-state index in [-0.39, 0.29) is 5.41 Å². The molecule has 0 bridgehead atoms. The van der Waals surface area contributed by atoms with Crippen LogP contribution in [0.5, 0.6) is 0 Å². The number of para-hydroxylation sites is 5. The van der Waals surface area contributed by atoms with Gasteiger partial charge in [0.15, 0.2) is 5.82 Å². The standard InChI is InChI=1S/C66H43N5O/c1-66(2)55-27-8-3-20-47(55)48-34-32-43(38-56(48)66)41-17-13-16-40(36-41)42-18-14-19-44(37-42)46-25-15-26-54-51-23-6-11-30-59(51)71(62(46)54)65-68-63(45-33-35-53-52-24-7-12-31-60(52)72-61(53)39-45)67-64(69-65)70-57-28-9-4-21-49(57)50-22-5-10-29-58(50)70/h3-39H,1-2H3. The molecule has 0 saturated heterocycles. The summed E-state index contributed by atoms with van der Waals surface area (Å²) in [6.07, 6.45) is 0. The van der Waals surface area contributed by atoms with Crippen molar-refractivity contribution in [1.29, 1.82) is 0 Å². The van der Waals surface area contributed by atoms with Crippen LogP contribution >= 0.6 is 0 Å². The summed E-state index contributed by atoms with van der Waals surface area (Å²) < 4.78 is 10.9. The van der Waals surface area contributed by atoms with Crippen molar-refractivity contribution < 1.29 is 4.42 Å². The molecule has 4 heterocycles. The third-order valence-electron chi connectivity index (χ3n) is 15.2. The van der Waals surface area contributed by atoms with Crippen LogP contribution in [0, 0.1) is 0 Å². The van der Waals surface area contributed by atoms with E-state index in [0.717, 1.165) is 93.4 Å². The van der Waals surface area contributed by atoms with Gasteiger partial charge in [0.25, 0.3) is 0 Å². The van der Waals surface area contributed by atoms with Crippen LogP contribution in [-0.4, -0.2) is 24.1 Å². The first-order chi connectivity index (χ1) is 35.4. The van der Waals surface area contributed by atoms with E-state index in [1.807, 2.05) is 18.2 Å². The van der Waals surface area contributed by atoms with Crippen LogP contribution in [0.2, 0.25) is 0 Å². The van der Waals surface area contributed by atoms with Crippen molar-refractivity contribution in [1.82, 2.24) is 24.1 Å². The fraction of sp³-hybridized carbons (Fsp3) is 0.0455. The van der Waals surface area contributed by atoms with Crippen molar-refractivity contribution >= 4 is 65.6 Å². The molecule has 0 amide bonds. The third kappa shape index (κ3) is 5.99. The lowest BCUT2D eigenvalue weighted by Gasteiger charge is -2.22. The molecule has 0 saturated carbocycles. The van der Waals surface area contributed by atoms with Crippen LogP contribution in [0.3, 0.4) is 0 Å². The first-order valence-electron chi connectivity index (χ1n) is 24.6. The second kappa shape index (κ2) is 15.3. The minimum Gasteiger partial charge on any atom is -0.456 e. The van der Waals surface area contributed by atoms with E-state index in [1.54, 1.807) is 0 Å². The fourth-order valence-corrected chi connectivity index (χ4v) is 11.8. The van der Waals surface area contributed by atoms with E-state index in [0.29, 0.717) is 17.7 Å². The lowest BCUT2D eigenvalue weighted by Crippen LogP contribution is -2.14. The molecule has 338 valence electrons. The molecule has 10 aromatic carbocycles. The average Bonchev–Trinajstić information content (AvgIpc) is 4.15. The Hall–Kier alpha value is -9.39. The zero-order valence-electron chi connectivity index (χ0n) is 39.5. The third-order valence-corrected chi connectivity index (χ3v) is 15.2. The summed E-state index contributed by atoms with van der Waals surface area (Å²) >= 11 is 0. The van der Waals surface area contributed by atoms with Gasteiger partial charge in [-0.1, -0.05) is 184 Å². The Morgan fingerprint density at radius 2 is 0.833 bits per heavy atom. The summed E-state index contributed by atoms with van der Waals surface area (Å²) in [5.41, 5.74) is 18.7. The number of benzene rings is 10. The van der Waals surface area contributed by atoms with Crippen molar-refractivity contribution in [3.05, 3.63) is 236 Å². The van der Waals surface area contributed by atoms with Crippen LogP contribution in [0.4, 0.5) is 0 Å². The Balaban J connectivity index is 0.917. The van der Waals surface area contributed by atoms with Gasteiger partial charge in [-0.05, 0) is 105 Å². The van der Waals surface area contributed by atoms with Gasteiger partial charge in [-0.15, -0.1) is 0 Å². The maximum absolute atomic E-state index is 6.44. The average molecular weight is 922 g/mol. The lowest BCUT2D eigenvalue weighted by molar-refractivity contribution is 0.660. The summed E-state index contributed by atoms with van der Waals surface area (Å²) in [4.78, 5) is 16.3. The quantitative estimate of drug-likeness (QED) is 0.167. The SMILES string of the molecule is CC1(C)c2ccccc2-c2ccc(-c3cccc(-c4cccc(-c5cccc6c7ccccc7n(-c7nc(-c8ccc9c(c8)oc8ccccc89)nc(-n8c9ccccc9c9ccccc98)n7)c56)c4)c3)cc21. The number of hydrogen-bond acceptors (Lipinski definition) is 4. The molecule has 0 radical (unpaired) electrons. The van der Waals surface area contributed by atoms with E-state index >= 15 is 0 Å². The van der Waals surface area contributed by atoms with Crippen molar-refractivity contribution in [2.24, 2.45) is 0 Å². The van der Waals surface area contributed by atoms with Crippen molar-refractivity contribution in [3.8, 4) is 67.8 Å². The Bertz CT molecular complexity index is 4510. The Morgan fingerprint density at radius 1 is 0.333 bits per heavy atom. The zero-order valence-corrected chi connectivity index (χ0v) is 39.5. The van der Waals surface area contributed by atoms with Crippen LogP contribution < -0.4 is 0 Å². The first-order valence-corrected chi connectivity index (χ1v) is 24.6. The Labute approximate surface area is 414 Å². The van der Waals surface area contributed by atoms with Crippen molar-refractivity contribution in [2.75, 3.05) is 0 Å². The minimum absolute atomic E-state index is 0.0728. The van der Waals surface area contributed by atoms with E-state index in [9.17, 15) is 0 Å². The van der Waals surface area contributed by atoms with Gasteiger partial charge < -0.3 is 4.42 Å². The minimum atomic E-state index is -0.0728. The number of nitrogens with zero attached hydrogens (tertiary/aromatic N) is 5. The van der Waals surface area contributed by atoms with E-state index in [2.05, 4.69) is 229 Å². The van der Waals surface area contributed by atoms with Gasteiger partial charge in [0.1, 0.15) is 11.2 Å². The van der Waals surface area contributed by atoms with Crippen LogP contribution in [0.25, 0.3) is 133 Å². The number of furan rings is 1. The number of rotatable bonds is 6. The highest BCUT2D eigenvalue weighted by Gasteiger charge is 2.35. The molecule has 0 N–H and O–H groups in total. The molecule has 0 atom stereocenters. The second-order valence-corrected chi connectivity index (χ2v) is 19.6. The predicted octanol–water partition coefficient (Wildman–Crippen LogP) is 16.9. The summed E-state index contributed by atoms with van der Waals surface area (Å²) in [6, 6.07) is 80.3. The van der Waals surface area contributed by atoms with Gasteiger partial charge in [-0.3, -0.25) is 9.13 Å². The summed E-state index contributed by atoms with van der Waals surface area (Å²) in [5, 5.41) is 6.61. The number of hydrogen-bond donors (Lipinski definition) is 0. The van der Waals surface area contributed by atoms with Gasteiger partial charge in [-0.25, -0.2) is 0 Å². The molecule has 6 heteroatoms. The zero-order chi connectivity index (χ0) is 47.7. The van der Waals surface area contributed by atoms with Gasteiger partial charge in [0.05, 0.1) is 22.1 Å². The van der Waals surface area contributed by atoms with E-state index in [1.165, 1.54) is 33.4 Å². The van der Waals surface area contributed by atoms with Crippen molar-refractivity contribution in [2.45, 2.75) is 19.3 Å². The van der Waals surface area contributed by atoms with Crippen LogP contribution in [0.1, 0.15) is 25.0 Å². The lowest BCUT2D eigenvalue weighted by atomic mass is 9.81. The van der Waals surface area contributed by atoms with Gasteiger partial charge >= 0.3 is 0 Å². The predicted molar refractivity (Wildman–Crippen MR) is 295 cm³/mol. The fourth-order valence-electron chi connectivity index (χ4n) is 11.8. The van der Waals surface area contributed by atoms with Gasteiger partial charge in [0, 0.05) is 48.9 Å². The topological polar surface area (TPSA) is 61.7 Å². The number of fused-ring (bicyclic) bond motifs is 12. The Kier molecular flexibility index (Phi) is 8.61. The molecule has 1 aliphatic rings. The van der Waals surface area contributed by atoms with Crippen LogP contribution in [0.15, 0.2) is 229 Å². The summed E-state index contributed by atoms with van der Waals surface area (Å²) in [7, 11) is 0. The highest BCUT2D eigenvalue weighted by Crippen LogP contribution is 2.50. The van der Waals surface area contributed by atoms with Crippen molar-refractivity contribution in [3.63, 3.8) is 0 Å². The molecule has 72 heavy (non-hydrogen) atoms. The molecule has 14 aromatic rings. The largest absolute Gasteiger partial charge is 0.456 e. The maximum atomic E-state index is 6.44. The molecular formula is C66H43N5O. The second-order valence-electron chi connectivity index (χ2n) is 19.6. The maximum Gasteiger partial charge on any atom is 0.240 e. The smallest absolute Gasteiger partial charge is 0.240 e.